The Morgan fingerprint density at radius 2 is 2.33 bits per heavy atom. The Morgan fingerprint density at radius 1 is 1.47 bits per heavy atom. The number of nitrogens with two attached hydrogens (primary N) is 1. The SMILES string of the molecule is NCC1COC(Cc2cccc(O)c2)O1. The summed E-state index contributed by atoms with van der Waals surface area (Å²) in [7, 11) is 0. The van der Waals surface area contributed by atoms with Crippen LogP contribution in [0.5, 0.6) is 5.75 Å². The first-order valence-electron chi connectivity index (χ1n) is 5.03. The molecule has 0 saturated carbocycles. The monoisotopic (exact) mass is 209 g/mol. The highest BCUT2D eigenvalue weighted by Crippen LogP contribution is 2.18. The fourth-order valence-corrected chi connectivity index (χ4v) is 1.61. The number of ether oxygens (including phenoxy) is 2. The second-order valence-electron chi connectivity index (χ2n) is 3.63. The number of benzene rings is 1. The van der Waals surface area contributed by atoms with Gasteiger partial charge in [0.1, 0.15) is 5.75 Å². The van der Waals surface area contributed by atoms with E-state index in [1.165, 1.54) is 0 Å². The average Bonchev–Trinajstić information content (AvgIpc) is 2.65. The zero-order chi connectivity index (χ0) is 10.7. The summed E-state index contributed by atoms with van der Waals surface area (Å²) in [6.45, 7) is 1.04. The highest BCUT2D eigenvalue weighted by molar-refractivity contribution is 5.27. The van der Waals surface area contributed by atoms with E-state index in [-0.39, 0.29) is 18.1 Å². The zero-order valence-electron chi connectivity index (χ0n) is 8.43. The van der Waals surface area contributed by atoms with E-state index in [2.05, 4.69) is 0 Å². The van der Waals surface area contributed by atoms with Gasteiger partial charge in [-0.3, -0.25) is 0 Å². The van der Waals surface area contributed by atoms with Gasteiger partial charge in [-0.25, -0.2) is 0 Å². The van der Waals surface area contributed by atoms with Gasteiger partial charge < -0.3 is 20.3 Å². The van der Waals surface area contributed by atoms with Crippen molar-refractivity contribution in [1.29, 1.82) is 0 Å². The maximum atomic E-state index is 9.28. The maximum absolute atomic E-state index is 9.28. The minimum absolute atomic E-state index is 0.00677. The van der Waals surface area contributed by atoms with Gasteiger partial charge in [0, 0.05) is 13.0 Å². The molecule has 4 heteroatoms. The van der Waals surface area contributed by atoms with Crippen LogP contribution in [0.25, 0.3) is 0 Å². The predicted molar refractivity (Wildman–Crippen MR) is 55.5 cm³/mol. The van der Waals surface area contributed by atoms with Crippen molar-refractivity contribution in [2.24, 2.45) is 5.73 Å². The lowest BCUT2D eigenvalue weighted by Gasteiger charge is -2.10. The van der Waals surface area contributed by atoms with Crippen LogP contribution in [0.1, 0.15) is 5.56 Å². The first-order chi connectivity index (χ1) is 7.28. The van der Waals surface area contributed by atoms with Crippen molar-refractivity contribution >= 4 is 0 Å². The number of rotatable bonds is 3. The van der Waals surface area contributed by atoms with E-state index in [1.54, 1.807) is 18.2 Å². The first kappa shape index (κ1) is 10.4. The molecule has 0 aliphatic carbocycles. The summed E-state index contributed by atoms with van der Waals surface area (Å²) < 4.78 is 10.9. The van der Waals surface area contributed by atoms with Crippen molar-refractivity contribution in [3.8, 4) is 5.75 Å². The normalized spacial score (nSPS) is 25.7. The third-order valence-corrected chi connectivity index (χ3v) is 2.39. The summed E-state index contributed by atoms with van der Waals surface area (Å²) in [6, 6.07) is 7.09. The van der Waals surface area contributed by atoms with Crippen molar-refractivity contribution in [2.75, 3.05) is 13.2 Å². The van der Waals surface area contributed by atoms with Gasteiger partial charge in [0.05, 0.1) is 12.7 Å². The smallest absolute Gasteiger partial charge is 0.162 e. The average molecular weight is 209 g/mol. The van der Waals surface area contributed by atoms with Crippen LogP contribution in [0.2, 0.25) is 0 Å². The Balaban J connectivity index is 1.92. The lowest BCUT2D eigenvalue weighted by atomic mass is 10.1. The molecule has 1 aromatic rings. The van der Waals surface area contributed by atoms with Crippen molar-refractivity contribution < 1.29 is 14.6 Å². The van der Waals surface area contributed by atoms with Crippen LogP contribution in [0.3, 0.4) is 0 Å². The lowest BCUT2D eigenvalue weighted by Crippen LogP contribution is -2.23. The van der Waals surface area contributed by atoms with Gasteiger partial charge >= 0.3 is 0 Å². The number of aromatic hydroxyl groups is 1. The third kappa shape index (κ3) is 2.68. The second-order valence-corrected chi connectivity index (χ2v) is 3.63. The summed E-state index contributed by atoms with van der Waals surface area (Å²) in [5.74, 6) is 0.265. The first-order valence-corrected chi connectivity index (χ1v) is 5.03. The van der Waals surface area contributed by atoms with E-state index in [1.807, 2.05) is 6.07 Å². The van der Waals surface area contributed by atoms with Gasteiger partial charge in [-0.2, -0.15) is 0 Å². The molecular weight excluding hydrogens is 194 g/mol. The van der Waals surface area contributed by atoms with Gasteiger partial charge in [-0.05, 0) is 17.7 Å². The van der Waals surface area contributed by atoms with Crippen LogP contribution in [0, 0.1) is 0 Å². The van der Waals surface area contributed by atoms with Crippen LogP contribution in [0.15, 0.2) is 24.3 Å². The molecule has 1 heterocycles. The molecule has 3 N–H and O–H groups in total. The van der Waals surface area contributed by atoms with E-state index < -0.39 is 0 Å². The molecular formula is C11H15NO3. The number of hydrogen-bond acceptors (Lipinski definition) is 4. The molecule has 4 nitrogen and oxygen atoms in total. The van der Waals surface area contributed by atoms with Crippen molar-refractivity contribution in [3.63, 3.8) is 0 Å². The van der Waals surface area contributed by atoms with Crippen LogP contribution < -0.4 is 5.73 Å². The van der Waals surface area contributed by atoms with E-state index in [0.717, 1.165) is 5.56 Å². The predicted octanol–water partition coefficient (Wildman–Crippen LogP) is 0.635. The molecule has 2 unspecified atom stereocenters. The molecule has 2 rings (SSSR count). The van der Waals surface area contributed by atoms with Crippen molar-refractivity contribution in [1.82, 2.24) is 0 Å². The molecule has 0 amide bonds. The summed E-state index contributed by atoms with van der Waals surface area (Å²) in [4.78, 5) is 0. The lowest BCUT2D eigenvalue weighted by molar-refractivity contribution is -0.0541. The van der Waals surface area contributed by atoms with Gasteiger partial charge in [-0.15, -0.1) is 0 Å². The largest absolute Gasteiger partial charge is 0.508 e. The fourth-order valence-electron chi connectivity index (χ4n) is 1.61. The van der Waals surface area contributed by atoms with Crippen LogP contribution >= 0.6 is 0 Å². The molecule has 0 aromatic heterocycles. The standard InChI is InChI=1S/C11H15NO3/c12-6-10-7-14-11(15-10)5-8-2-1-3-9(13)4-8/h1-4,10-11,13H,5-7,12H2. The van der Waals surface area contributed by atoms with Crippen molar-refractivity contribution in [3.05, 3.63) is 29.8 Å². The molecule has 0 spiro atoms. The van der Waals surface area contributed by atoms with Crippen LogP contribution in [-0.4, -0.2) is 30.7 Å². The highest BCUT2D eigenvalue weighted by atomic mass is 16.7. The van der Waals surface area contributed by atoms with Gasteiger partial charge in [-0.1, -0.05) is 12.1 Å². The molecule has 2 atom stereocenters. The molecule has 1 fully saturated rings. The summed E-state index contributed by atoms with van der Waals surface area (Å²) in [5, 5.41) is 9.28. The molecule has 1 aliphatic heterocycles. The zero-order valence-corrected chi connectivity index (χ0v) is 8.43. The van der Waals surface area contributed by atoms with Gasteiger partial charge in [0.2, 0.25) is 0 Å². The molecule has 1 aliphatic rings. The van der Waals surface area contributed by atoms with E-state index in [9.17, 15) is 5.11 Å². The quantitative estimate of drug-likeness (QED) is 0.766. The summed E-state index contributed by atoms with van der Waals surface area (Å²) in [6.07, 6.45) is 0.415. The molecule has 1 aromatic carbocycles. The molecule has 0 radical (unpaired) electrons. The number of phenols is 1. The van der Waals surface area contributed by atoms with Crippen molar-refractivity contribution in [2.45, 2.75) is 18.8 Å². The summed E-state index contributed by atoms with van der Waals surface area (Å²) >= 11 is 0. The van der Waals surface area contributed by atoms with Gasteiger partial charge in [0.25, 0.3) is 0 Å². The Kier molecular flexibility index (Phi) is 3.20. The molecule has 1 saturated heterocycles. The summed E-state index contributed by atoms with van der Waals surface area (Å²) in [5.41, 5.74) is 6.47. The number of hydrogen-bond donors (Lipinski definition) is 2. The maximum Gasteiger partial charge on any atom is 0.162 e. The minimum atomic E-state index is -0.236. The van der Waals surface area contributed by atoms with Gasteiger partial charge in [0.15, 0.2) is 6.29 Å². The van der Waals surface area contributed by atoms with E-state index in [0.29, 0.717) is 19.6 Å². The Hall–Kier alpha value is -1.10. The fraction of sp³-hybridized carbons (Fsp3) is 0.455. The second kappa shape index (κ2) is 4.61. The molecule has 82 valence electrons. The Morgan fingerprint density at radius 3 is 3.00 bits per heavy atom. The molecule has 15 heavy (non-hydrogen) atoms. The Bertz CT molecular complexity index is 329. The van der Waals surface area contributed by atoms with Crippen LogP contribution in [0.4, 0.5) is 0 Å². The molecule has 0 bridgehead atoms. The van der Waals surface area contributed by atoms with Crippen LogP contribution in [-0.2, 0) is 15.9 Å². The highest BCUT2D eigenvalue weighted by Gasteiger charge is 2.24. The van der Waals surface area contributed by atoms with E-state index >= 15 is 0 Å². The number of phenolic OH excluding ortho intramolecular Hbond substituents is 1. The topological polar surface area (TPSA) is 64.7 Å². The minimum Gasteiger partial charge on any atom is -0.508 e. The Labute approximate surface area is 88.6 Å². The van der Waals surface area contributed by atoms with E-state index in [4.69, 9.17) is 15.2 Å². The third-order valence-electron chi connectivity index (χ3n) is 2.39.